The van der Waals surface area contributed by atoms with Crippen LogP contribution in [0.5, 0.6) is 0 Å². The lowest BCUT2D eigenvalue weighted by molar-refractivity contribution is 0.0789. The second kappa shape index (κ2) is 5.59. The van der Waals surface area contributed by atoms with E-state index in [-0.39, 0.29) is 11.3 Å². The molecule has 0 aliphatic carbocycles. The largest absolute Gasteiger partial charge is 0.338 e. The smallest absolute Gasteiger partial charge is 0.265 e. The Morgan fingerprint density at radius 2 is 2.32 bits per heavy atom. The second-order valence-corrected chi connectivity index (χ2v) is 7.10. The minimum Gasteiger partial charge on any atom is -0.338 e. The van der Waals surface area contributed by atoms with Crippen molar-refractivity contribution in [1.29, 1.82) is 0 Å². The molecule has 0 spiro atoms. The Labute approximate surface area is 119 Å². The van der Waals surface area contributed by atoms with Crippen molar-refractivity contribution < 1.29 is 4.79 Å². The molecule has 5 heteroatoms. The van der Waals surface area contributed by atoms with Gasteiger partial charge in [0.1, 0.15) is 4.88 Å². The van der Waals surface area contributed by atoms with E-state index in [0.717, 1.165) is 36.6 Å². The van der Waals surface area contributed by atoms with Crippen LogP contribution in [0, 0.1) is 5.92 Å². The second-order valence-electron chi connectivity index (χ2n) is 6.24. The van der Waals surface area contributed by atoms with Crippen molar-refractivity contribution in [2.45, 2.75) is 32.6 Å². The van der Waals surface area contributed by atoms with Crippen molar-refractivity contribution in [1.82, 2.24) is 15.2 Å². The van der Waals surface area contributed by atoms with Crippen LogP contribution in [0.1, 0.15) is 42.6 Å². The number of hydrogen-bond acceptors (Lipinski definition) is 4. The predicted molar refractivity (Wildman–Crippen MR) is 78.8 cm³/mol. The van der Waals surface area contributed by atoms with Crippen molar-refractivity contribution in [2.75, 3.05) is 26.7 Å². The summed E-state index contributed by atoms with van der Waals surface area (Å²) in [7, 11) is 1.96. The number of rotatable bonds is 3. The summed E-state index contributed by atoms with van der Waals surface area (Å²) in [6, 6.07) is 0. The van der Waals surface area contributed by atoms with E-state index in [1.807, 2.05) is 11.9 Å². The fourth-order valence-corrected chi connectivity index (χ4v) is 3.51. The summed E-state index contributed by atoms with van der Waals surface area (Å²) in [5.41, 5.74) is 2.64. The molecule has 1 N–H and O–H groups in total. The third-order valence-corrected chi connectivity index (χ3v) is 4.35. The van der Waals surface area contributed by atoms with Gasteiger partial charge >= 0.3 is 0 Å². The van der Waals surface area contributed by atoms with Crippen LogP contribution in [0.3, 0.4) is 0 Å². The number of nitrogens with zero attached hydrogens (tertiary/aromatic N) is 2. The Bertz CT molecular complexity index is 450. The summed E-state index contributed by atoms with van der Waals surface area (Å²) in [5, 5.41) is 3.19. The Hall–Kier alpha value is -0.940. The lowest BCUT2D eigenvalue weighted by Gasteiger charge is -2.20. The summed E-state index contributed by atoms with van der Waals surface area (Å²) >= 11 is 1.47. The maximum absolute atomic E-state index is 12.6. The van der Waals surface area contributed by atoms with Crippen LogP contribution in [0.4, 0.5) is 0 Å². The highest BCUT2D eigenvalue weighted by molar-refractivity contribution is 7.11. The highest BCUT2D eigenvalue weighted by Crippen LogP contribution is 2.29. The van der Waals surface area contributed by atoms with Gasteiger partial charge < -0.3 is 10.2 Å². The van der Waals surface area contributed by atoms with E-state index in [4.69, 9.17) is 0 Å². The molecular formula is C14H23N3OS. The molecule has 2 heterocycles. The van der Waals surface area contributed by atoms with Gasteiger partial charge in [0.25, 0.3) is 5.91 Å². The zero-order chi connectivity index (χ0) is 14.0. The molecule has 0 unspecified atom stereocenters. The van der Waals surface area contributed by atoms with Gasteiger partial charge in [-0.3, -0.25) is 4.79 Å². The topological polar surface area (TPSA) is 45.2 Å². The molecule has 1 aliphatic rings. The van der Waals surface area contributed by atoms with Gasteiger partial charge in [-0.2, -0.15) is 0 Å². The Balaban J connectivity index is 2.11. The summed E-state index contributed by atoms with van der Waals surface area (Å²) in [5.74, 6) is 0.742. The number of likely N-dealkylation sites (tertiary alicyclic amines) is 1. The first-order chi connectivity index (χ1) is 8.93. The zero-order valence-corrected chi connectivity index (χ0v) is 13.0. The van der Waals surface area contributed by atoms with Crippen LogP contribution in [-0.4, -0.2) is 42.5 Å². The van der Waals surface area contributed by atoms with Crippen LogP contribution in [-0.2, 0) is 5.41 Å². The van der Waals surface area contributed by atoms with Crippen LogP contribution >= 0.6 is 11.3 Å². The number of thiazole rings is 1. The van der Waals surface area contributed by atoms with Gasteiger partial charge in [0.2, 0.25) is 0 Å². The van der Waals surface area contributed by atoms with E-state index in [2.05, 4.69) is 31.1 Å². The molecule has 1 amide bonds. The van der Waals surface area contributed by atoms with Crippen LogP contribution in [0.2, 0.25) is 0 Å². The maximum Gasteiger partial charge on any atom is 0.265 e. The summed E-state index contributed by atoms with van der Waals surface area (Å²) in [4.78, 5) is 19.8. The number of carbonyl (C=O) groups is 1. The molecule has 0 bridgehead atoms. The predicted octanol–water partition coefficient (Wildman–Crippen LogP) is 2.12. The lowest BCUT2D eigenvalue weighted by atomic mass is 9.91. The minimum atomic E-state index is -0.0743. The summed E-state index contributed by atoms with van der Waals surface area (Å²) < 4.78 is 0. The lowest BCUT2D eigenvalue weighted by Crippen LogP contribution is -2.31. The van der Waals surface area contributed by atoms with Gasteiger partial charge in [0, 0.05) is 18.5 Å². The standard InChI is InChI=1S/C14H23N3OS/c1-14(2,3)12-11(19-9-16-12)13(18)17-6-5-10(8-17)7-15-4/h9-10,15H,5-8H2,1-4H3/t10-/m1/s1. The fraction of sp³-hybridized carbons (Fsp3) is 0.714. The minimum absolute atomic E-state index is 0.0743. The number of aromatic nitrogens is 1. The average molecular weight is 281 g/mol. The van der Waals surface area contributed by atoms with Crippen molar-refractivity contribution in [2.24, 2.45) is 5.92 Å². The Morgan fingerprint density at radius 1 is 1.58 bits per heavy atom. The van der Waals surface area contributed by atoms with Gasteiger partial charge in [-0.15, -0.1) is 11.3 Å². The van der Waals surface area contributed by atoms with Crippen molar-refractivity contribution in [3.8, 4) is 0 Å². The van der Waals surface area contributed by atoms with Crippen molar-refractivity contribution in [3.05, 3.63) is 16.1 Å². The maximum atomic E-state index is 12.6. The molecule has 0 saturated carbocycles. The van der Waals surface area contributed by atoms with Gasteiger partial charge in [0.15, 0.2) is 0 Å². The molecular weight excluding hydrogens is 258 g/mol. The first-order valence-corrected chi connectivity index (χ1v) is 7.69. The molecule has 0 aromatic carbocycles. The van der Waals surface area contributed by atoms with Gasteiger partial charge in [-0.05, 0) is 25.9 Å². The van der Waals surface area contributed by atoms with E-state index >= 15 is 0 Å². The number of hydrogen-bond donors (Lipinski definition) is 1. The molecule has 1 fully saturated rings. The van der Waals surface area contributed by atoms with Gasteiger partial charge in [-0.1, -0.05) is 20.8 Å². The third-order valence-electron chi connectivity index (χ3n) is 3.54. The van der Waals surface area contributed by atoms with Gasteiger partial charge in [0.05, 0.1) is 11.2 Å². The molecule has 106 valence electrons. The van der Waals surface area contributed by atoms with Crippen molar-refractivity contribution >= 4 is 17.2 Å². The monoisotopic (exact) mass is 281 g/mol. The first kappa shape index (κ1) is 14.5. The van der Waals surface area contributed by atoms with Crippen molar-refractivity contribution in [3.63, 3.8) is 0 Å². The normalized spacial score (nSPS) is 20.0. The summed E-state index contributed by atoms with van der Waals surface area (Å²) in [6.07, 6.45) is 1.09. The molecule has 1 atom stereocenters. The van der Waals surface area contributed by atoms with E-state index in [1.165, 1.54) is 11.3 Å². The quantitative estimate of drug-likeness (QED) is 0.923. The van der Waals surface area contributed by atoms with E-state index < -0.39 is 0 Å². The third kappa shape index (κ3) is 3.15. The molecule has 1 aliphatic heterocycles. The van der Waals surface area contributed by atoms with Gasteiger partial charge in [-0.25, -0.2) is 4.98 Å². The fourth-order valence-electron chi connectivity index (χ4n) is 2.55. The molecule has 1 saturated heterocycles. The highest BCUT2D eigenvalue weighted by atomic mass is 32.1. The highest BCUT2D eigenvalue weighted by Gasteiger charge is 2.31. The molecule has 2 rings (SSSR count). The van der Waals surface area contributed by atoms with Crippen LogP contribution in [0.15, 0.2) is 5.51 Å². The number of nitrogens with one attached hydrogen (secondary N) is 1. The number of amides is 1. The Morgan fingerprint density at radius 3 is 2.95 bits per heavy atom. The van der Waals surface area contributed by atoms with Crippen LogP contribution < -0.4 is 5.32 Å². The first-order valence-electron chi connectivity index (χ1n) is 6.81. The molecule has 0 radical (unpaired) electrons. The van der Waals surface area contributed by atoms with E-state index in [0.29, 0.717) is 5.92 Å². The van der Waals surface area contributed by atoms with E-state index in [9.17, 15) is 4.79 Å². The zero-order valence-electron chi connectivity index (χ0n) is 12.2. The van der Waals surface area contributed by atoms with E-state index in [1.54, 1.807) is 5.51 Å². The molecule has 4 nitrogen and oxygen atoms in total. The van der Waals surface area contributed by atoms with Crippen LogP contribution in [0.25, 0.3) is 0 Å². The summed E-state index contributed by atoms with van der Waals surface area (Å²) in [6.45, 7) is 9.03. The Kier molecular flexibility index (Phi) is 4.26. The molecule has 19 heavy (non-hydrogen) atoms. The SMILES string of the molecule is CNC[C@H]1CCN(C(=O)c2scnc2C(C)(C)C)C1. The number of carbonyl (C=O) groups excluding carboxylic acids is 1. The average Bonchev–Trinajstić information content (AvgIpc) is 2.95. The molecule has 1 aromatic rings. The molecule has 1 aromatic heterocycles.